The molecule has 0 aromatic carbocycles. The molecule has 0 aromatic heterocycles. The van der Waals surface area contributed by atoms with Crippen LogP contribution < -0.4 is 0 Å². The molecule has 0 aliphatic carbocycles. The molecule has 15 heavy (non-hydrogen) atoms. The van der Waals surface area contributed by atoms with Crippen LogP contribution in [0.1, 0.15) is 0 Å². The minimum Gasteiger partial charge on any atom is -0.481 e. The van der Waals surface area contributed by atoms with Crippen molar-refractivity contribution in [3.63, 3.8) is 0 Å². The average molecular weight is 214 g/mol. The molecule has 82 valence electrons. The fourth-order valence-electron chi connectivity index (χ4n) is 0.638. The van der Waals surface area contributed by atoms with E-state index in [-0.39, 0.29) is 0 Å². The molecule has 0 heterocycles. The maximum atomic E-state index is 10.6. The molecule has 6 nitrogen and oxygen atoms in total. The lowest BCUT2D eigenvalue weighted by atomic mass is 10.1. The number of ether oxygens (including phenoxy) is 1. The molecule has 0 fully saturated rings. The third-order valence-corrected chi connectivity index (χ3v) is 1.36. The highest BCUT2D eigenvalue weighted by atomic mass is 16.5. The normalized spacial score (nSPS) is 12.0. The SMILES string of the molecule is C=CC(=O)OCC(C=CC(=O)O)C(=O)O. The van der Waals surface area contributed by atoms with Gasteiger partial charge in [-0.15, -0.1) is 0 Å². The maximum Gasteiger partial charge on any atom is 0.330 e. The number of rotatable bonds is 6. The number of hydrogen-bond acceptors (Lipinski definition) is 4. The van der Waals surface area contributed by atoms with Gasteiger partial charge in [0.15, 0.2) is 0 Å². The Morgan fingerprint density at radius 3 is 2.33 bits per heavy atom. The van der Waals surface area contributed by atoms with Gasteiger partial charge in [0.1, 0.15) is 12.5 Å². The van der Waals surface area contributed by atoms with Gasteiger partial charge < -0.3 is 14.9 Å². The first-order valence-electron chi connectivity index (χ1n) is 3.90. The van der Waals surface area contributed by atoms with Crippen molar-refractivity contribution < 1.29 is 29.3 Å². The highest BCUT2D eigenvalue weighted by Gasteiger charge is 2.16. The quantitative estimate of drug-likeness (QED) is 0.478. The Bertz CT molecular complexity index is 304. The molecule has 1 atom stereocenters. The first-order valence-corrected chi connectivity index (χ1v) is 3.90. The summed E-state index contributed by atoms with van der Waals surface area (Å²) in [7, 11) is 0. The number of esters is 1. The molecule has 0 aliphatic rings. The van der Waals surface area contributed by atoms with Crippen molar-refractivity contribution in [2.75, 3.05) is 6.61 Å². The van der Waals surface area contributed by atoms with Crippen molar-refractivity contribution in [3.8, 4) is 0 Å². The van der Waals surface area contributed by atoms with E-state index in [4.69, 9.17) is 10.2 Å². The standard InChI is InChI=1S/C9H10O6/c1-2-8(12)15-5-6(9(13)14)3-4-7(10)11/h2-4,6H,1,5H2,(H,10,11)(H,13,14). The predicted octanol–water partition coefficient (Wildman–Crippen LogP) is 0.0572. The number of carbonyl (C=O) groups excluding carboxylic acids is 1. The Morgan fingerprint density at radius 2 is 1.93 bits per heavy atom. The number of carboxylic acids is 2. The number of aliphatic carboxylic acids is 2. The molecule has 0 amide bonds. The second-order valence-electron chi connectivity index (χ2n) is 2.48. The summed E-state index contributed by atoms with van der Waals surface area (Å²) >= 11 is 0. The van der Waals surface area contributed by atoms with Crippen LogP contribution in [0.15, 0.2) is 24.8 Å². The monoisotopic (exact) mass is 214 g/mol. The van der Waals surface area contributed by atoms with Crippen LogP contribution in [-0.2, 0) is 19.1 Å². The molecule has 2 N–H and O–H groups in total. The van der Waals surface area contributed by atoms with Crippen LogP contribution in [0.3, 0.4) is 0 Å². The van der Waals surface area contributed by atoms with Crippen LogP contribution in [0.4, 0.5) is 0 Å². The average Bonchev–Trinajstić information content (AvgIpc) is 2.16. The molecular formula is C9H10O6. The van der Waals surface area contributed by atoms with E-state index in [0.717, 1.165) is 12.2 Å². The van der Waals surface area contributed by atoms with Crippen LogP contribution in [0, 0.1) is 5.92 Å². The van der Waals surface area contributed by atoms with E-state index < -0.39 is 30.4 Å². The Labute approximate surface area is 85.5 Å². The topological polar surface area (TPSA) is 101 Å². The van der Waals surface area contributed by atoms with E-state index in [1.165, 1.54) is 0 Å². The van der Waals surface area contributed by atoms with Gasteiger partial charge >= 0.3 is 17.9 Å². The van der Waals surface area contributed by atoms with Gasteiger partial charge in [-0.2, -0.15) is 0 Å². The van der Waals surface area contributed by atoms with Crippen molar-refractivity contribution in [2.24, 2.45) is 5.92 Å². The summed E-state index contributed by atoms with van der Waals surface area (Å²) in [6.45, 7) is 2.70. The molecule has 1 unspecified atom stereocenters. The summed E-state index contributed by atoms with van der Waals surface area (Å²) in [6, 6.07) is 0. The van der Waals surface area contributed by atoms with Crippen molar-refractivity contribution in [2.45, 2.75) is 0 Å². The second-order valence-corrected chi connectivity index (χ2v) is 2.48. The predicted molar refractivity (Wildman–Crippen MR) is 49.1 cm³/mol. The molecule has 6 heteroatoms. The van der Waals surface area contributed by atoms with E-state index in [0.29, 0.717) is 6.08 Å². The van der Waals surface area contributed by atoms with E-state index in [9.17, 15) is 14.4 Å². The third kappa shape index (κ3) is 6.03. The second kappa shape index (κ2) is 6.36. The molecule has 0 rings (SSSR count). The smallest absolute Gasteiger partial charge is 0.330 e. The van der Waals surface area contributed by atoms with Gasteiger partial charge in [0, 0.05) is 12.2 Å². The maximum absolute atomic E-state index is 10.6. The van der Waals surface area contributed by atoms with Gasteiger partial charge in [-0.1, -0.05) is 12.7 Å². The number of carboxylic acid groups (broad SMARTS) is 2. The zero-order valence-corrected chi connectivity index (χ0v) is 7.75. The van der Waals surface area contributed by atoms with E-state index >= 15 is 0 Å². The van der Waals surface area contributed by atoms with Crippen molar-refractivity contribution in [3.05, 3.63) is 24.8 Å². The van der Waals surface area contributed by atoms with Gasteiger partial charge in [-0.25, -0.2) is 9.59 Å². The van der Waals surface area contributed by atoms with Crippen LogP contribution >= 0.6 is 0 Å². The first kappa shape index (κ1) is 12.9. The van der Waals surface area contributed by atoms with Crippen LogP contribution in [-0.4, -0.2) is 34.7 Å². The molecule has 0 aliphatic heterocycles. The van der Waals surface area contributed by atoms with Gasteiger partial charge in [0.05, 0.1) is 0 Å². The molecule has 0 saturated carbocycles. The van der Waals surface area contributed by atoms with Crippen LogP contribution in [0.5, 0.6) is 0 Å². The lowest BCUT2D eigenvalue weighted by Crippen LogP contribution is -2.19. The molecule has 0 aromatic rings. The summed E-state index contributed by atoms with van der Waals surface area (Å²) in [4.78, 5) is 31.3. The first-order chi connectivity index (χ1) is 6.97. The minimum atomic E-state index is -1.27. The van der Waals surface area contributed by atoms with Crippen LogP contribution in [0.2, 0.25) is 0 Å². The van der Waals surface area contributed by atoms with Crippen LogP contribution in [0.25, 0.3) is 0 Å². The molecule has 0 radical (unpaired) electrons. The largest absolute Gasteiger partial charge is 0.481 e. The zero-order valence-electron chi connectivity index (χ0n) is 7.75. The summed E-state index contributed by atoms with van der Waals surface area (Å²) in [5.74, 6) is -4.48. The number of carbonyl (C=O) groups is 3. The van der Waals surface area contributed by atoms with Gasteiger partial charge in [-0.05, 0) is 0 Å². The van der Waals surface area contributed by atoms with Crippen molar-refractivity contribution >= 4 is 17.9 Å². The van der Waals surface area contributed by atoms with Gasteiger partial charge in [0.2, 0.25) is 0 Å². The molecule has 0 spiro atoms. The summed E-state index contributed by atoms with van der Waals surface area (Å²) in [5.41, 5.74) is 0. The third-order valence-electron chi connectivity index (χ3n) is 1.36. The van der Waals surface area contributed by atoms with Crippen molar-refractivity contribution in [1.82, 2.24) is 0 Å². The fraction of sp³-hybridized carbons (Fsp3) is 0.222. The molecular weight excluding hydrogens is 204 g/mol. The van der Waals surface area contributed by atoms with Crippen molar-refractivity contribution in [1.29, 1.82) is 0 Å². The molecule has 0 bridgehead atoms. The highest BCUT2D eigenvalue weighted by Crippen LogP contribution is 2.01. The summed E-state index contributed by atoms with van der Waals surface area (Å²) in [6.07, 6.45) is 2.50. The van der Waals surface area contributed by atoms with Gasteiger partial charge in [-0.3, -0.25) is 4.79 Å². The zero-order chi connectivity index (χ0) is 11.8. The Balaban J connectivity index is 4.29. The Hall–Kier alpha value is -2.11. The Morgan fingerprint density at radius 1 is 1.33 bits per heavy atom. The number of hydrogen-bond donors (Lipinski definition) is 2. The highest BCUT2D eigenvalue weighted by molar-refractivity contribution is 5.83. The lowest BCUT2D eigenvalue weighted by Gasteiger charge is -2.06. The molecule has 0 saturated heterocycles. The minimum absolute atomic E-state index is 0.427. The Kier molecular flexibility index (Phi) is 5.47. The van der Waals surface area contributed by atoms with E-state index in [1.807, 2.05) is 0 Å². The fourth-order valence-corrected chi connectivity index (χ4v) is 0.638. The van der Waals surface area contributed by atoms with Gasteiger partial charge in [0.25, 0.3) is 0 Å². The summed E-state index contributed by atoms with van der Waals surface area (Å²) < 4.78 is 4.46. The lowest BCUT2D eigenvalue weighted by molar-refractivity contribution is -0.146. The summed E-state index contributed by atoms with van der Waals surface area (Å²) in [5, 5.41) is 16.9. The van der Waals surface area contributed by atoms with E-state index in [1.54, 1.807) is 0 Å². The van der Waals surface area contributed by atoms with E-state index in [2.05, 4.69) is 11.3 Å².